The van der Waals surface area contributed by atoms with Gasteiger partial charge in [-0.25, -0.2) is 0 Å². The Hall–Kier alpha value is 0.130. The first-order valence-corrected chi connectivity index (χ1v) is 7.13. The number of hydrogen-bond donors (Lipinski definition) is 1. The van der Waals surface area contributed by atoms with Gasteiger partial charge in [-0.3, -0.25) is 4.79 Å². The molecular weight excluding hydrogens is 342 g/mol. The maximum atomic E-state index is 11.9. The summed E-state index contributed by atoms with van der Waals surface area (Å²) in [5.41, 5.74) is -0.263. The van der Waals surface area contributed by atoms with Crippen molar-refractivity contribution in [3.63, 3.8) is 0 Å². The van der Waals surface area contributed by atoms with Crippen molar-refractivity contribution >= 4 is 49.1 Å². The predicted molar refractivity (Wildman–Crippen MR) is 72.0 cm³/mol. The average Bonchev–Trinajstić information content (AvgIpc) is 2.50. The van der Waals surface area contributed by atoms with Crippen molar-refractivity contribution < 1.29 is 4.79 Å². The SMILES string of the molecule is CC(Br)C(C)(C)NC(=O)c1sccc1Br. The van der Waals surface area contributed by atoms with Crippen molar-refractivity contribution in [2.75, 3.05) is 0 Å². The highest BCUT2D eigenvalue weighted by molar-refractivity contribution is 9.10. The van der Waals surface area contributed by atoms with E-state index >= 15 is 0 Å². The lowest BCUT2D eigenvalue weighted by atomic mass is 10.0. The lowest BCUT2D eigenvalue weighted by Crippen LogP contribution is -2.48. The Morgan fingerprint density at radius 1 is 1.60 bits per heavy atom. The normalized spacial score (nSPS) is 13.7. The van der Waals surface area contributed by atoms with E-state index in [0.29, 0.717) is 0 Å². The van der Waals surface area contributed by atoms with Crippen molar-refractivity contribution in [2.45, 2.75) is 31.1 Å². The van der Waals surface area contributed by atoms with Gasteiger partial charge in [-0.15, -0.1) is 11.3 Å². The average molecular weight is 355 g/mol. The van der Waals surface area contributed by atoms with E-state index in [0.717, 1.165) is 9.35 Å². The molecule has 1 N–H and O–H groups in total. The van der Waals surface area contributed by atoms with Gasteiger partial charge in [0.2, 0.25) is 0 Å². The summed E-state index contributed by atoms with van der Waals surface area (Å²) >= 11 is 8.27. The second-order valence-corrected chi connectivity index (χ2v) is 7.03. The van der Waals surface area contributed by atoms with Crippen LogP contribution in [-0.2, 0) is 0 Å². The van der Waals surface area contributed by atoms with Gasteiger partial charge in [-0.1, -0.05) is 22.9 Å². The van der Waals surface area contributed by atoms with Crippen LogP contribution >= 0.6 is 43.2 Å². The number of nitrogens with one attached hydrogen (secondary N) is 1. The topological polar surface area (TPSA) is 29.1 Å². The van der Waals surface area contributed by atoms with Crippen molar-refractivity contribution in [1.29, 1.82) is 0 Å². The Morgan fingerprint density at radius 2 is 2.20 bits per heavy atom. The zero-order valence-electron chi connectivity index (χ0n) is 8.80. The molecule has 1 aromatic heterocycles. The molecule has 1 aromatic rings. The number of amides is 1. The number of alkyl halides is 1. The van der Waals surface area contributed by atoms with Crippen LogP contribution in [0.2, 0.25) is 0 Å². The molecule has 1 atom stereocenters. The van der Waals surface area contributed by atoms with Crippen LogP contribution in [0, 0.1) is 0 Å². The van der Waals surface area contributed by atoms with Crippen LogP contribution in [0.1, 0.15) is 30.4 Å². The second-order valence-electron chi connectivity index (χ2n) is 3.89. The third kappa shape index (κ3) is 3.29. The third-order valence-corrected chi connectivity index (χ3v) is 5.23. The summed E-state index contributed by atoms with van der Waals surface area (Å²) in [6.45, 7) is 6.00. The molecule has 1 amide bonds. The number of carbonyl (C=O) groups is 1. The Balaban J connectivity index is 2.77. The molecule has 0 saturated carbocycles. The maximum Gasteiger partial charge on any atom is 0.262 e. The monoisotopic (exact) mass is 353 g/mol. The predicted octanol–water partition coefficient (Wildman–Crippen LogP) is 3.80. The van der Waals surface area contributed by atoms with E-state index in [2.05, 4.69) is 37.2 Å². The summed E-state index contributed by atoms with van der Waals surface area (Å²) in [4.78, 5) is 12.8. The molecule has 0 aliphatic heterocycles. The van der Waals surface area contributed by atoms with Gasteiger partial charge in [0.05, 0.1) is 0 Å². The summed E-state index contributed by atoms with van der Waals surface area (Å²) in [5, 5.41) is 4.89. The van der Waals surface area contributed by atoms with Crippen LogP contribution in [0.5, 0.6) is 0 Å². The first-order valence-electron chi connectivity index (χ1n) is 4.54. The van der Waals surface area contributed by atoms with E-state index in [1.54, 1.807) is 0 Å². The molecule has 5 heteroatoms. The molecule has 84 valence electrons. The number of thiophene rings is 1. The highest BCUT2D eigenvalue weighted by Crippen LogP contribution is 2.24. The summed E-state index contributed by atoms with van der Waals surface area (Å²) in [7, 11) is 0. The molecule has 1 unspecified atom stereocenters. The quantitative estimate of drug-likeness (QED) is 0.822. The minimum Gasteiger partial charge on any atom is -0.345 e. The molecule has 0 aromatic carbocycles. The Kier molecular flexibility index (Phi) is 4.38. The standard InChI is InChI=1S/C10H13Br2NOS/c1-6(11)10(2,3)13-9(14)8-7(12)4-5-15-8/h4-6H,1-3H3,(H,13,14). The van der Waals surface area contributed by atoms with E-state index in [1.165, 1.54) is 11.3 Å². The van der Waals surface area contributed by atoms with E-state index in [-0.39, 0.29) is 16.3 Å². The largest absolute Gasteiger partial charge is 0.345 e. The lowest BCUT2D eigenvalue weighted by molar-refractivity contribution is 0.0917. The van der Waals surface area contributed by atoms with E-state index in [1.807, 2.05) is 32.2 Å². The van der Waals surface area contributed by atoms with Gasteiger partial charge in [-0.05, 0) is 41.2 Å². The highest BCUT2D eigenvalue weighted by Gasteiger charge is 2.27. The Morgan fingerprint density at radius 3 is 2.60 bits per heavy atom. The van der Waals surface area contributed by atoms with Crippen LogP contribution < -0.4 is 5.32 Å². The van der Waals surface area contributed by atoms with Crippen LogP contribution in [0.25, 0.3) is 0 Å². The third-order valence-electron chi connectivity index (χ3n) is 2.25. The fourth-order valence-corrected chi connectivity index (χ4v) is 2.47. The number of hydrogen-bond acceptors (Lipinski definition) is 2. The van der Waals surface area contributed by atoms with Gasteiger partial charge in [0.1, 0.15) is 4.88 Å². The Bertz CT molecular complexity index is 360. The molecule has 2 nitrogen and oxygen atoms in total. The van der Waals surface area contributed by atoms with Crippen LogP contribution in [0.4, 0.5) is 0 Å². The van der Waals surface area contributed by atoms with Gasteiger partial charge in [0.15, 0.2) is 0 Å². The number of halogens is 2. The second kappa shape index (κ2) is 4.97. The zero-order chi connectivity index (χ0) is 11.6. The number of carbonyl (C=O) groups excluding carboxylic acids is 1. The molecule has 0 aliphatic carbocycles. The first kappa shape index (κ1) is 13.2. The molecule has 0 spiro atoms. The van der Waals surface area contributed by atoms with Gasteiger partial charge in [0.25, 0.3) is 5.91 Å². The van der Waals surface area contributed by atoms with Crippen LogP contribution in [0.15, 0.2) is 15.9 Å². The Labute approximate surface area is 111 Å². The van der Waals surface area contributed by atoms with Gasteiger partial charge >= 0.3 is 0 Å². The zero-order valence-corrected chi connectivity index (χ0v) is 12.8. The van der Waals surface area contributed by atoms with Crippen molar-refractivity contribution in [1.82, 2.24) is 5.32 Å². The lowest BCUT2D eigenvalue weighted by Gasteiger charge is -2.29. The van der Waals surface area contributed by atoms with Crippen molar-refractivity contribution in [2.24, 2.45) is 0 Å². The molecule has 0 bridgehead atoms. The summed E-state index contributed by atoms with van der Waals surface area (Å²) in [5.74, 6) is -0.0341. The molecule has 0 fully saturated rings. The van der Waals surface area contributed by atoms with E-state index < -0.39 is 0 Å². The van der Waals surface area contributed by atoms with Gasteiger partial charge in [-0.2, -0.15) is 0 Å². The fourth-order valence-electron chi connectivity index (χ4n) is 0.905. The van der Waals surface area contributed by atoms with Crippen LogP contribution in [0.3, 0.4) is 0 Å². The van der Waals surface area contributed by atoms with Crippen molar-refractivity contribution in [3.05, 3.63) is 20.8 Å². The first-order chi connectivity index (χ1) is 6.84. The fraction of sp³-hybridized carbons (Fsp3) is 0.500. The summed E-state index contributed by atoms with van der Waals surface area (Å²) < 4.78 is 0.850. The van der Waals surface area contributed by atoms with Gasteiger partial charge in [0, 0.05) is 14.8 Å². The molecule has 15 heavy (non-hydrogen) atoms. The molecular formula is C10H13Br2NOS. The molecule has 1 rings (SSSR count). The van der Waals surface area contributed by atoms with E-state index in [9.17, 15) is 4.79 Å². The van der Waals surface area contributed by atoms with Gasteiger partial charge < -0.3 is 5.32 Å². The molecule has 0 aliphatic rings. The minimum absolute atomic E-state index is 0.0341. The maximum absolute atomic E-state index is 11.9. The van der Waals surface area contributed by atoms with Crippen molar-refractivity contribution in [3.8, 4) is 0 Å². The minimum atomic E-state index is -0.263. The molecule has 1 heterocycles. The molecule has 0 radical (unpaired) electrons. The summed E-state index contributed by atoms with van der Waals surface area (Å²) in [6.07, 6.45) is 0. The summed E-state index contributed by atoms with van der Waals surface area (Å²) in [6, 6.07) is 1.88. The smallest absolute Gasteiger partial charge is 0.262 e. The van der Waals surface area contributed by atoms with Crippen LogP contribution in [-0.4, -0.2) is 16.3 Å². The number of rotatable bonds is 3. The molecule has 0 saturated heterocycles. The highest BCUT2D eigenvalue weighted by atomic mass is 79.9. The van der Waals surface area contributed by atoms with E-state index in [4.69, 9.17) is 0 Å².